The van der Waals surface area contributed by atoms with Gasteiger partial charge < -0.3 is 0 Å². The smallest absolute Gasteiger partial charge is 0.207 e. The van der Waals surface area contributed by atoms with Crippen LogP contribution in [0.1, 0.15) is 12.5 Å². The highest BCUT2D eigenvalue weighted by Crippen LogP contribution is 2.25. The maximum Gasteiger partial charge on any atom is 0.245 e. The van der Waals surface area contributed by atoms with Gasteiger partial charge in [0.05, 0.1) is 23.2 Å². The number of hydrogen-bond acceptors (Lipinski definition) is 3. The number of hydrogen-bond donors (Lipinski definition) is 0. The first kappa shape index (κ1) is 14.5. The third-order valence-corrected chi connectivity index (χ3v) is 4.70. The van der Waals surface area contributed by atoms with Crippen LogP contribution in [-0.2, 0) is 10.0 Å². The molecule has 0 saturated heterocycles. The predicted octanol–water partition coefficient (Wildman–Crippen LogP) is 1.86. The predicted molar refractivity (Wildman–Crippen MR) is 69.4 cm³/mol. The Morgan fingerprint density at radius 2 is 2.17 bits per heavy atom. The quantitative estimate of drug-likeness (QED) is 0.792. The zero-order valence-electron chi connectivity index (χ0n) is 9.72. The molecule has 0 heterocycles. The third-order valence-electron chi connectivity index (χ3n) is 2.30. The first-order valence-electron chi connectivity index (χ1n) is 5.10. The summed E-state index contributed by atoms with van der Waals surface area (Å²) >= 11 is 5.87. The molecule has 0 unspecified atom stereocenters. The largest absolute Gasteiger partial charge is 0.245 e. The molecule has 6 heteroatoms. The lowest BCUT2D eigenvalue weighted by atomic mass is 10.2. The van der Waals surface area contributed by atoms with Crippen molar-refractivity contribution in [2.75, 3.05) is 13.1 Å². The van der Waals surface area contributed by atoms with E-state index in [4.69, 9.17) is 23.3 Å². The Kier molecular flexibility index (Phi) is 4.75. The Bertz CT molecular complexity index is 626. The molecule has 0 spiro atoms. The summed E-state index contributed by atoms with van der Waals surface area (Å²) in [5.74, 6) is 2.28. The van der Waals surface area contributed by atoms with Gasteiger partial charge in [0.25, 0.3) is 0 Å². The Morgan fingerprint density at radius 3 is 2.67 bits per heavy atom. The summed E-state index contributed by atoms with van der Waals surface area (Å²) in [6.45, 7) is 1.88. The van der Waals surface area contributed by atoms with E-state index in [-0.39, 0.29) is 28.6 Å². The molecule has 1 aromatic carbocycles. The van der Waals surface area contributed by atoms with Crippen LogP contribution in [0.5, 0.6) is 0 Å². The highest BCUT2D eigenvalue weighted by molar-refractivity contribution is 7.89. The van der Waals surface area contributed by atoms with Gasteiger partial charge in [-0.2, -0.15) is 9.57 Å². The van der Waals surface area contributed by atoms with Crippen molar-refractivity contribution in [2.24, 2.45) is 0 Å². The molecular weight excluding hydrogens is 272 g/mol. The molecule has 0 amide bonds. The van der Waals surface area contributed by atoms with Crippen LogP contribution in [0.3, 0.4) is 0 Å². The van der Waals surface area contributed by atoms with Gasteiger partial charge in [-0.15, -0.1) is 6.42 Å². The van der Waals surface area contributed by atoms with Crippen molar-refractivity contribution in [3.63, 3.8) is 0 Å². The zero-order chi connectivity index (χ0) is 13.8. The van der Waals surface area contributed by atoms with Gasteiger partial charge in [0, 0.05) is 6.54 Å². The third kappa shape index (κ3) is 2.83. The number of nitrogens with zero attached hydrogens (tertiary/aromatic N) is 2. The molecule has 1 rings (SSSR count). The lowest BCUT2D eigenvalue weighted by Gasteiger charge is -2.18. The van der Waals surface area contributed by atoms with Gasteiger partial charge in [0.1, 0.15) is 4.90 Å². The van der Waals surface area contributed by atoms with Crippen LogP contribution < -0.4 is 0 Å². The van der Waals surface area contributed by atoms with Crippen molar-refractivity contribution in [2.45, 2.75) is 11.8 Å². The fraction of sp³-hybridized carbons (Fsp3) is 0.250. The van der Waals surface area contributed by atoms with E-state index in [0.29, 0.717) is 0 Å². The number of benzene rings is 1. The van der Waals surface area contributed by atoms with Crippen molar-refractivity contribution in [1.82, 2.24) is 4.31 Å². The molecular formula is C12H11ClN2O2S. The first-order chi connectivity index (χ1) is 8.47. The van der Waals surface area contributed by atoms with Crippen LogP contribution in [0.15, 0.2) is 23.1 Å². The Labute approximate surface area is 112 Å². The highest BCUT2D eigenvalue weighted by Gasteiger charge is 2.25. The number of sulfonamides is 1. The molecule has 94 valence electrons. The zero-order valence-corrected chi connectivity index (χ0v) is 11.3. The number of rotatable bonds is 4. The molecule has 0 fully saturated rings. The standard InChI is InChI=1S/C12H11ClN2O2S/c1-3-7-15(4-2)18(16,17)12-8-10(9-14)5-6-11(12)13/h1,5-6,8H,4,7H2,2H3. The molecule has 0 atom stereocenters. The fourth-order valence-corrected chi connectivity index (χ4v) is 3.24. The summed E-state index contributed by atoms with van der Waals surface area (Å²) in [6, 6.07) is 5.96. The van der Waals surface area contributed by atoms with Crippen molar-refractivity contribution in [3.8, 4) is 18.4 Å². The SMILES string of the molecule is C#CCN(CC)S(=O)(=O)c1cc(C#N)ccc1Cl. The summed E-state index contributed by atoms with van der Waals surface area (Å²) in [5, 5.41) is 8.86. The van der Waals surface area contributed by atoms with Crippen molar-refractivity contribution >= 4 is 21.6 Å². The molecule has 0 radical (unpaired) electrons. The monoisotopic (exact) mass is 282 g/mol. The fourth-order valence-electron chi connectivity index (χ4n) is 1.38. The summed E-state index contributed by atoms with van der Waals surface area (Å²) in [4.78, 5) is -0.0969. The van der Waals surface area contributed by atoms with Crippen molar-refractivity contribution in [1.29, 1.82) is 5.26 Å². The molecule has 1 aromatic rings. The van der Waals surface area contributed by atoms with Gasteiger partial charge >= 0.3 is 0 Å². The summed E-state index contributed by atoms with van der Waals surface area (Å²) < 4.78 is 25.7. The minimum absolute atomic E-state index is 0.0358. The lowest BCUT2D eigenvalue weighted by Crippen LogP contribution is -2.31. The second-order valence-corrected chi connectivity index (χ2v) is 5.71. The molecule has 18 heavy (non-hydrogen) atoms. The van der Waals surface area contributed by atoms with Crippen LogP contribution in [-0.4, -0.2) is 25.8 Å². The van der Waals surface area contributed by atoms with E-state index in [9.17, 15) is 8.42 Å². The summed E-state index contributed by atoms with van der Waals surface area (Å²) in [5.41, 5.74) is 0.231. The van der Waals surface area contributed by atoms with Crippen molar-refractivity contribution in [3.05, 3.63) is 28.8 Å². The summed E-state index contributed by atoms with van der Waals surface area (Å²) in [6.07, 6.45) is 5.13. The van der Waals surface area contributed by atoms with Crippen LogP contribution in [0.25, 0.3) is 0 Å². The first-order valence-corrected chi connectivity index (χ1v) is 6.92. The average Bonchev–Trinajstić information content (AvgIpc) is 2.36. The Morgan fingerprint density at radius 1 is 1.50 bits per heavy atom. The minimum atomic E-state index is -3.77. The van der Waals surface area contributed by atoms with Gasteiger partial charge in [0.2, 0.25) is 10.0 Å². The van der Waals surface area contributed by atoms with Gasteiger partial charge in [0.15, 0.2) is 0 Å². The second kappa shape index (κ2) is 5.88. The van der Waals surface area contributed by atoms with E-state index in [1.807, 2.05) is 6.07 Å². The van der Waals surface area contributed by atoms with E-state index in [0.717, 1.165) is 4.31 Å². The lowest BCUT2D eigenvalue weighted by molar-refractivity contribution is 0.464. The molecule has 0 bridgehead atoms. The van der Waals surface area contributed by atoms with Crippen LogP contribution in [0.2, 0.25) is 5.02 Å². The molecule has 0 aliphatic carbocycles. The number of halogens is 1. The van der Waals surface area contributed by atoms with Gasteiger partial charge in [-0.05, 0) is 18.2 Å². The van der Waals surface area contributed by atoms with E-state index in [2.05, 4.69) is 5.92 Å². The van der Waals surface area contributed by atoms with E-state index in [1.165, 1.54) is 18.2 Å². The van der Waals surface area contributed by atoms with Crippen molar-refractivity contribution < 1.29 is 8.42 Å². The number of nitriles is 1. The molecule has 0 aliphatic heterocycles. The van der Waals surface area contributed by atoms with E-state index in [1.54, 1.807) is 6.92 Å². The number of terminal acetylenes is 1. The summed E-state index contributed by atoms with van der Waals surface area (Å²) in [7, 11) is -3.77. The molecule has 0 aliphatic rings. The van der Waals surface area contributed by atoms with Crippen LogP contribution >= 0.6 is 11.6 Å². The molecule has 4 nitrogen and oxygen atoms in total. The molecule has 0 N–H and O–H groups in total. The Hall–Kier alpha value is -1.53. The average molecular weight is 283 g/mol. The molecule has 0 saturated carbocycles. The topological polar surface area (TPSA) is 61.2 Å². The van der Waals surface area contributed by atoms with E-state index < -0.39 is 10.0 Å². The maximum absolute atomic E-state index is 12.3. The van der Waals surface area contributed by atoms with E-state index >= 15 is 0 Å². The van der Waals surface area contributed by atoms with Gasteiger partial charge in [-0.1, -0.05) is 24.4 Å². The second-order valence-electron chi connectivity index (χ2n) is 3.39. The minimum Gasteiger partial charge on any atom is -0.207 e. The normalized spacial score (nSPS) is 10.9. The highest BCUT2D eigenvalue weighted by atomic mass is 35.5. The van der Waals surface area contributed by atoms with Crippen LogP contribution in [0.4, 0.5) is 0 Å². The Balaban J connectivity index is 3.37. The van der Waals surface area contributed by atoms with Crippen LogP contribution in [0, 0.1) is 23.7 Å². The van der Waals surface area contributed by atoms with Gasteiger partial charge in [-0.25, -0.2) is 8.42 Å². The molecule has 0 aromatic heterocycles. The van der Waals surface area contributed by atoms with Gasteiger partial charge in [-0.3, -0.25) is 0 Å². The maximum atomic E-state index is 12.3.